The van der Waals surface area contributed by atoms with Crippen LogP contribution in [0.2, 0.25) is 0 Å². The van der Waals surface area contributed by atoms with Crippen LogP contribution in [0.5, 0.6) is 0 Å². The monoisotopic (exact) mass is 287 g/mol. The van der Waals surface area contributed by atoms with Crippen molar-refractivity contribution in [3.8, 4) is 0 Å². The van der Waals surface area contributed by atoms with Crippen molar-refractivity contribution >= 4 is 11.6 Å². The lowest BCUT2D eigenvalue weighted by molar-refractivity contribution is -0.126. The molecule has 6 nitrogen and oxygen atoms in total. The van der Waals surface area contributed by atoms with Gasteiger partial charge in [-0.2, -0.15) is 0 Å². The average molecular weight is 287 g/mol. The van der Waals surface area contributed by atoms with Gasteiger partial charge in [-0.25, -0.2) is 0 Å². The molecule has 2 rings (SSSR count). The minimum atomic E-state index is -0.652. The third-order valence-electron chi connectivity index (χ3n) is 3.68. The van der Waals surface area contributed by atoms with E-state index in [1.165, 1.54) is 0 Å². The second-order valence-electron chi connectivity index (χ2n) is 5.74. The van der Waals surface area contributed by atoms with Gasteiger partial charge in [0.1, 0.15) is 6.33 Å². The van der Waals surface area contributed by atoms with Crippen LogP contribution in [0.1, 0.15) is 38.2 Å². The van der Waals surface area contributed by atoms with E-state index in [0.717, 1.165) is 11.4 Å². The normalized spacial score (nSPS) is 13.0. The zero-order chi connectivity index (χ0) is 15.6. The zero-order valence-corrected chi connectivity index (χ0v) is 12.8. The molecule has 1 atom stereocenters. The first-order valence-corrected chi connectivity index (χ1v) is 6.83. The van der Waals surface area contributed by atoms with E-state index < -0.39 is 5.41 Å². The summed E-state index contributed by atoms with van der Waals surface area (Å²) in [5.41, 5.74) is 6.64. The largest absolute Gasteiger partial charge is 0.399 e. The number of hydrogen-bond donors (Lipinski definition) is 2. The van der Waals surface area contributed by atoms with Gasteiger partial charge in [-0.05, 0) is 38.5 Å². The molecule has 1 unspecified atom stereocenters. The Kier molecular flexibility index (Phi) is 3.97. The molecule has 112 valence electrons. The molecule has 1 aromatic carbocycles. The fourth-order valence-corrected chi connectivity index (χ4v) is 2.16. The highest BCUT2D eigenvalue weighted by Gasteiger charge is 2.31. The number of aromatic nitrogens is 3. The number of nitrogens with one attached hydrogen (secondary N) is 1. The molecule has 0 aliphatic carbocycles. The van der Waals surface area contributed by atoms with E-state index in [2.05, 4.69) is 15.5 Å². The molecule has 0 bridgehead atoms. The number of carbonyl (C=O) groups is 1. The van der Waals surface area contributed by atoms with Gasteiger partial charge in [0.15, 0.2) is 5.82 Å². The summed E-state index contributed by atoms with van der Waals surface area (Å²) in [6.07, 6.45) is 1.61. The molecular weight excluding hydrogens is 266 g/mol. The number of nitrogens with zero attached hydrogens (tertiary/aromatic N) is 3. The maximum absolute atomic E-state index is 12.6. The van der Waals surface area contributed by atoms with Crippen LogP contribution in [0.4, 0.5) is 5.69 Å². The van der Waals surface area contributed by atoms with Crippen LogP contribution in [-0.4, -0.2) is 20.7 Å². The predicted octanol–water partition coefficient (Wildman–Crippen LogP) is 1.55. The number of hydrogen-bond acceptors (Lipinski definition) is 4. The predicted molar refractivity (Wildman–Crippen MR) is 81.4 cm³/mol. The second kappa shape index (κ2) is 5.55. The summed E-state index contributed by atoms with van der Waals surface area (Å²) in [6.45, 7) is 5.66. The van der Waals surface area contributed by atoms with Gasteiger partial charge in [0, 0.05) is 12.7 Å². The molecule has 1 heterocycles. The number of aryl methyl sites for hydroxylation is 1. The molecule has 3 N–H and O–H groups in total. The lowest BCUT2D eigenvalue weighted by Gasteiger charge is -2.26. The molecule has 1 amide bonds. The SMILES string of the molecule is CC(NC(=O)C(C)(C)c1ccc(N)cc1)c1nncn1C. The Morgan fingerprint density at radius 1 is 1.33 bits per heavy atom. The lowest BCUT2D eigenvalue weighted by atomic mass is 9.83. The third kappa shape index (κ3) is 3.04. The van der Waals surface area contributed by atoms with E-state index in [-0.39, 0.29) is 11.9 Å². The highest BCUT2D eigenvalue weighted by molar-refractivity contribution is 5.87. The van der Waals surface area contributed by atoms with Crippen molar-refractivity contribution in [3.05, 3.63) is 42.0 Å². The Morgan fingerprint density at radius 2 is 1.95 bits per heavy atom. The number of rotatable bonds is 4. The van der Waals surface area contributed by atoms with E-state index in [9.17, 15) is 4.79 Å². The third-order valence-corrected chi connectivity index (χ3v) is 3.68. The Labute approximate surface area is 124 Å². The Morgan fingerprint density at radius 3 is 2.48 bits per heavy atom. The van der Waals surface area contributed by atoms with Gasteiger partial charge in [0.05, 0.1) is 11.5 Å². The van der Waals surface area contributed by atoms with Crippen LogP contribution in [0.3, 0.4) is 0 Å². The second-order valence-corrected chi connectivity index (χ2v) is 5.74. The zero-order valence-electron chi connectivity index (χ0n) is 12.8. The van der Waals surface area contributed by atoms with E-state index in [1.807, 2.05) is 40.0 Å². The van der Waals surface area contributed by atoms with Crippen LogP contribution in [0.25, 0.3) is 0 Å². The summed E-state index contributed by atoms with van der Waals surface area (Å²) in [5, 5.41) is 10.8. The minimum absolute atomic E-state index is 0.0669. The van der Waals surface area contributed by atoms with Crippen molar-refractivity contribution in [2.24, 2.45) is 7.05 Å². The van der Waals surface area contributed by atoms with Crippen LogP contribution in [0.15, 0.2) is 30.6 Å². The van der Waals surface area contributed by atoms with Gasteiger partial charge < -0.3 is 15.6 Å². The highest BCUT2D eigenvalue weighted by Crippen LogP contribution is 2.25. The first-order chi connectivity index (χ1) is 9.82. The van der Waals surface area contributed by atoms with E-state index in [0.29, 0.717) is 5.69 Å². The van der Waals surface area contributed by atoms with Gasteiger partial charge >= 0.3 is 0 Å². The summed E-state index contributed by atoms with van der Waals surface area (Å²) in [5.74, 6) is 0.652. The summed E-state index contributed by atoms with van der Waals surface area (Å²) >= 11 is 0. The number of anilines is 1. The molecular formula is C15H21N5O. The first-order valence-electron chi connectivity index (χ1n) is 6.83. The fourth-order valence-electron chi connectivity index (χ4n) is 2.16. The average Bonchev–Trinajstić information content (AvgIpc) is 2.85. The molecule has 0 aliphatic heterocycles. The van der Waals surface area contributed by atoms with Gasteiger partial charge in [-0.15, -0.1) is 10.2 Å². The molecule has 21 heavy (non-hydrogen) atoms. The Balaban J connectivity index is 2.15. The van der Waals surface area contributed by atoms with Crippen molar-refractivity contribution in [3.63, 3.8) is 0 Å². The molecule has 1 aromatic heterocycles. The van der Waals surface area contributed by atoms with Gasteiger partial charge in [0.2, 0.25) is 5.91 Å². The fraction of sp³-hybridized carbons (Fsp3) is 0.400. The van der Waals surface area contributed by atoms with Crippen LogP contribution in [-0.2, 0) is 17.3 Å². The van der Waals surface area contributed by atoms with Crippen molar-refractivity contribution in [2.45, 2.75) is 32.2 Å². The number of benzene rings is 1. The van der Waals surface area contributed by atoms with Crippen molar-refractivity contribution in [1.82, 2.24) is 20.1 Å². The van der Waals surface area contributed by atoms with Crippen molar-refractivity contribution in [2.75, 3.05) is 5.73 Å². The summed E-state index contributed by atoms with van der Waals surface area (Å²) in [4.78, 5) is 12.6. The van der Waals surface area contributed by atoms with Crippen LogP contribution in [0, 0.1) is 0 Å². The smallest absolute Gasteiger partial charge is 0.230 e. The highest BCUT2D eigenvalue weighted by atomic mass is 16.2. The van der Waals surface area contributed by atoms with E-state index >= 15 is 0 Å². The standard InChI is InChI=1S/C15H21N5O/c1-10(13-19-17-9-20(13)4)18-14(21)15(2,3)11-5-7-12(16)8-6-11/h5-10H,16H2,1-4H3,(H,18,21). The van der Waals surface area contributed by atoms with Crippen LogP contribution >= 0.6 is 0 Å². The summed E-state index contributed by atoms with van der Waals surface area (Å²) in [6, 6.07) is 7.15. The molecule has 0 fully saturated rings. The van der Waals surface area contributed by atoms with E-state index in [1.54, 1.807) is 23.0 Å². The van der Waals surface area contributed by atoms with E-state index in [4.69, 9.17) is 5.73 Å². The van der Waals surface area contributed by atoms with Gasteiger partial charge in [-0.1, -0.05) is 12.1 Å². The number of amides is 1. The van der Waals surface area contributed by atoms with Crippen LogP contribution < -0.4 is 11.1 Å². The van der Waals surface area contributed by atoms with Gasteiger partial charge in [-0.3, -0.25) is 4.79 Å². The maximum Gasteiger partial charge on any atom is 0.230 e. The Hall–Kier alpha value is -2.37. The topological polar surface area (TPSA) is 85.8 Å². The molecule has 0 spiro atoms. The molecule has 0 saturated heterocycles. The van der Waals surface area contributed by atoms with Gasteiger partial charge in [0.25, 0.3) is 0 Å². The lowest BCUT2D eigenvalue weighted by Crippen LogP contribution is -2.41. The maximum atomic E-state index is 12.6. The summed E-state index contributed by atoms with van der Waals surface area (Å²) < 4.78 is 1.79. The molecule has 0 aliphatic rings. The molecule has 2 aromatic rings. The van der Waals surface area contributed by atoms with Crippen molar-refractivity contribution < 1.29 is 4.79 Å². The first kappa shape index (κ1) is 15.0. The molecule has 0 saturated carbocycles. The summed E-state index contributed by atoms with van der Waals surface area (Å²) in [7, 11) is 1.85. The number of nitrogen functional groups attached to an aromatic ring is 1. The number of nitrogens with two attached hydrogens (primary N) is 1. The quantitative estimate of drug-likeness (QED) is 0.835. The minimum Gasteiger partial charge on any atom is -0.399 e. The Bertz CT molecular complexity index is 630. The molecule has 6 heteroatoms. The molecule has 0 radical (unpaired) electrons. The van der Waals surface area contributed by atoms with Crippen molar-refractivity contribution in [1.29, 1.82) is 0 Å². The number of carbonyl (C=O) groups excluding carboxylic acids is 1.